The molecule has 0 saturated heterocycles. The Labute approximate surface area is 226 Å². The average molecular weight is 562 g/mol. The molecule has 1 aromatic heterocycles. The molecule has 1 atom stereocenters. The van der Waals surface area contributed by atoms with Crippen LogP contribution in [0.15, 0.2) is 97.3 Å². The number of rotatable bonds is 10. The van der Waals surface area contributed by atoms with Gasteiger partial charge in [-0.15, -0.1) is 0 Å². The highest BCUT2D eigenvalue weighted by atomic mass is 19.4. The van der Waals surface area contributed by atoms with Crippen molar-refractivity contribution in [2.24, 2.45) is 0 Å². The Hall–Kier alpha value is -4.21. The lowest BCUT2D eigenvalue weighted by Crippen LogP contribution is -2.44. The van der Waals surface area contributed by atoms with E-state index >= 15 is 0 Å². The molecule has 4 nitrogen and oxygen atoms in total. The number of alkyl halides is 6. The number of hydrogen-bond acceptors (Lipinski definition) is 2. The Kier molecular flexibility index (Phi) is 8.27. The minimum Gasteiger partial charge on any atom is -0.489 e. The number of hydrogen-bond donors (Lipinski definition) is 1. The molecule has 0 aliphatic rings. The molecule has 0 aliphatic heterocycles. The number of carboxylic acid groups (broad SMARTS) is 1. The van der Waals surface area contributed by atoms with Crippen LogP contribution in [0, 0.1) is 0 Å². The van der Waals surface area contributed by atoms with Crippen LogP contribution in [0.3, 0.4) is 0 Å². The van der Waals surface area contributed by atoms with Crippen molar-refractivity contribution < 1.29 is 41.0 Å². The Balaban J connectivity index is 1.41. The van der Waals surface area contributed by atoms with E-state index in [0.717, 1.165) is 23.3 Å². The molecule has 1 N–H and O–H groups in total. The van der Waals surface area contributed by atoms with Gasteiger partial charge in [0.25, 0.3) is 0 Å². The number of carboxylic acids is 1. The van der Waals surface area contributed by atoms with Crippen molar-refractivity contribution >= 4 is 5.97 Å². The summed E-state index contributed by atoms with van der Waals surface area (Å²) >= 11 is 0. The van der Waals surface area contributed by atoms with E-state index in [1.165, 1.54) is 29.1 Å². The molecule has 0 fully saturated rings. The highest BCUT2D eigenvalue weighted by molar-refractivity contribution is 5.77. The van der Waals surface area contributed by atoms with Gasteiger partial charge in [0.2, 0.25) is 0 Å². The molecule has 210 valence electrons. The number of halogens is 6. The highest BCUT2D eigenvalue weighted by Gasteiger charge is 2.43. The summed E-state index contributed by atoms with van der Waals surface area (Å²) in [5.41, 5.74) is 0.208. The zero-order valence-corrected chi connectivity index (χ0v) is 21.0. The van der Waals surface area contributed by atoms with Gasteiger partial charge in [-0.2, -0.15) is 26.3 Å². The van der Waals surface area contributed by atoms with Gasteiger partial charge in [0.05, 0.1) is 5.56 Å². The van der Waals surface area contributed by atoms with E-state index in [4.69, 9.17) is 4.74 Å². The molecule has 0 spiro atoms. The van der Waals surface area contributed by atoms with Crippen LogP contribution >= 0.6 is 0 Å². The molecule has 10 heteroatoms. The molecule has 4 aromatic rings. The summed E-state index contributed by atoms with van der Waals surface area (Å²) < 4.78 is 84.5. The lowest BCUT2D eigenvalue weighted by Gasteiger charge is -2.32. The maximum atomic E-state index is 13.0. The second-order valence-corrected chi connectivity index (χ2v) is 9.42. The molecule has 0 aliphatic carbocycles. The maximum Gasteiger partial charge on any atom is 0.416 e. The third-order valence-corrected chi connectivity index (χ3v) is 6.64. The number of ether oxygens (including phenoxy) is 1. The summed E-state index contributed by atoms with van der Waals surface area (Å²) in [6.07, 6.45) is -8.01. The molecule has 1 unspecified atom stereocenters. The molecule has 40 heavy (non-hydrogen) atoms. The van der Waals surface area contributed by atoms with E-state index in [0.29, 0.717) is 16.9 Å². The number of carbonyl (C=O) groups is 1. The zero-order valence-electron chi connectivity index (χ0n) is 21.0. The monoisotopic (exact) mass is 561 g/mol. The van der Waals surface area contributed by atoms with E-state index < -0.39 is 42.3 Å². The lowest BCUT2D eigenvalue weighted by atomic mass is 9.85. The summed E-state index contributed by atoms with van der Waals surface area (Å²) in [5, 5.41) is 10.00. The first-order valence-electron chi connectivity index (χ1n) is 12.3. The van der Waals surface area contributed by atoms with Crippen molar-refractivity contribution in [2.45, 2.75) is 43.8 Å². The largest absolute Gasteiger partial charge is 0.489 e. The Morgan fingerprint density at radius 3 is 1.75 bits per heavy atom. The van der Waals surface area contributed by atoms with Gasteiger partial charge in [-0.1, -0.05) is 48.5 Å². The minimum absolute atomic E-state index is 0.154. The fraction of sp³-hybridized carbons (Fsp3) is 0.233. The fourth-order valence-corrected chi connectivity index (χ4v) is 4.42. The number of aliphatic carboxylic acids is 1. The summed E-state index contributed by atoms with van der Waals surface area (Å²) in [6, 6.07) is 21.7. The van der Waals surface area contributed by atoms with Crippen LogP contribution in [0.5, 0.6) is 5.75 Å². The normalized spacial score (nSPS) is 13.6. The Bertz CT molecular complexity index is 1390. The van der Waals surface area contributed by atoms with Gasteiger partial charge in [-0.3, -0.25) is 0 Å². The van der Waals surface area contributed by atoms with Gasteiger partial charge in [0, 0.05) is 25.2 Å². The predicted octanol–water partition coefficient (Wildman–Crippen LogP) is 8.12. The molecule has 0 amide bonds. The first-order valence-corrected chi connectivity index (χ1v) is 12.3. The van der Waals surface area contributed by atoms with Crippen molar-refractivity contribution in [3.05, 3.63) is 114 Å². The van der Waals surface area contributed by atoms with Gasteiger partial charge in [0.1, 0.15) is 17.9 Å². The third kappa shape index (κ3) is 7.05. The van der Waals surface area contributed by atoms with Crippen LogP contribution in [-0.2, 0) is 29.5 Å². The third-order valence-electron chi connectivity index (χ3n) is 6.64. The Morgan fingerprint density at radius 1 is 0.725 bits per heavy atom. The van der Waals surface area contributed by atoms with E-state index in [9.17, 15) is 36.2 Å². The summed E-state index contributed by atoms with van der Waals surface area (Å²) in [4.78, 5) is 12.3. The molecule has 0 saturated carbocycles. The van der Waals surface area contributed by atoms with Crippen molar-refractivity contribution in [3.63, 3.8) is 0 Å². The van der Waals surface area contributed by atoms with Crippen molar-refractivity contribution in [2.75, 3.05) is 0 Å². The van der Waals surface area contributed by atoms with Crippen LogP contribution < -0.4 is 4.74 Å². The van der Waals surface area contributed by atoms with Crippen molar-refractivity contribution in [1.29, 1.82) is 0 Å². The second kappa shape index (κ2) is 11.5. The molecule has 1 heterocycles. The minimum atomic E-state index is -4.50. The first-order chi connectivity index (χ1) is 18.9. The highest BCUT2D eigenvalue weighted by Crippen LogP contribution is 2.34. The lowest BCUT2D eigenvalue weighted by molar-refractivity contribution is -0.156. The quantitative estimate of drug-likeness (QED) is 0.199. The van der Waals surface area contributed by atoms with Crippen LogP contribution in [-0.4, -0.2) is 21.8 Å². The Morgan fingerprint density at radius 2 is 1.25 bits per heavy atom. The van der Waals surface area contributed by atoms with Gasteiger partial charge in [-0.25, -0.2) is 4.79 Å². The molecule has 0 bridgehead atoms. The smallest absolute Gasteiger partial charge is 0.416 e. The van der Waals surface area contributed by atoms with E-state index in [1.54, 1.807) is 60.7 Å². The SMILES string of the molecule is O=C(O)C(CCC(F)(F)F)(Cc1ccc(OCc2ccc(-c3ccc(C(F)(F)F)cc3)cc2)cc1)n1cccc1. The van der Waals surface area contributed by atoms with Gasteiger partial charge in [-0.05, 0) is 65.1 Å². The van der Waals surface area contributed by atoms with E-state index in [2.05, 4.69) is 0 Å². The zero-order chi connectivity index (χ0) is 29.0. The van der Waals surface area contributed by atoms with Crippen LogP contribution in [0.1, 0.15) is 29.5 Å². The van der Waals surface area contributed by atoms with Crippen LogP contribution in [0.25, 0.3) is 11.1 Å². The molecule has 4 rings (SSSR count). The van der Waals surface area contributed by atoms with Crippen molar-refractivity contribution in [1.82, 2.24) is 4.57 Å². The van der Waals surface area contributed by atoms with E-state index in [1.807, 2.05) is 0 Å². The second-order valence-electron chi connectivity index (χ2n) is 9.42. The summed E-state index contributed by atoms with van der Waals surface area (Å²) in [5.74, 6) is -0.874. The summed E-state index contributed by atoms with van der Waals surface area (Å²) in [6.45, 7) is 0.195. The molecule has 0 radical (unpaired) electrons. The van der Waals surface area contributed by atoms with Crippen molar-refractivity contribution in [3.8, 4) is 16.9 Å². The fourth-order valence-electron chi connectivity index (χ4n) is 4.42. The van der Waals surface area contributed by atoms with Gasteiger partial charge in [0.15, 0.2) is 0 Å². The average Bonchev–Trinajstić information content (AvgIpc) is 3.45. The van der Waals surface area contributed by atoms with Gasteiger partial charge < -0.3 is 14.4 Å². The number of aromatic nitrogens is 1. The standard InChI is InChI=1S/C30H25F6NO3/c31-29(32,33)16-15-28(27(38)39,37-17-1-2-18-37)19-21-5-13-26(14-6-21)40-20-22-3-7-23(8-4-22)24-9-11-25(12-10-24)30(34,35)36/h1-14,17-18H,15-16,19-20H2,(H,38,39). The molecule has 3 aromatic carbocycles. The topological polar surface area (TPSA) is 51.5 Å². The number of benzene rings is 3. The molecular formula is C30H25F6NO3. The maximum absolute atomic E-state index is 13.0. The van der Waals surface area contributed by atoms with Crippen LogP contribution in [0.4, 0.5) is 26.3 Å². The molecular weight excluding hydrogens is 536 g/mol. The van der Waals surface area contributed by atoms with E-state index in [-0.39, 0.29) is 13.0 Å². The predicted molar refractivity (Wildman–Crippen MR) is 137 cm³/mol. The first kappa shape index (κ1) is 28.8. The summed E-state index contributed by atoms with van der Waals surface area (Å²) in [7, 11) is 0. The van der Waals surface area contributed by atoms with Gasteiger partial charge >= 0.3 is 18.3 Å². The number of nitrogens with zero attached hydrogens (tertiary/aromatic N) is 1. The van der Waals surface area contributed by atoms with Crippen LogP contribution in [0.2, 0.25) is 0 Å².